The molecule has 1 saturated carbocycles. The highest BCUT2D eigenvalue weighted by Crippen LogP contribution is 2.38. The summed E-state index contributed by atoms with van der Waals surface area (Å²) in [6, 6.07) is 3.35. The number of amides is 1. The molecule has 0 spiro atoms. The van der Waals surface area contributed by atoms with Crippen LogP contribution in [0.5, 0.6) is 5.88 Å². The Morgan fingerprint density at radius 2 is 1.82 bits per heavy atom. The van der Waals surface area contributed by atoms with Gasteiger partial charge in [0.15, 0.2) is 18.1 Å². The lowest BCUT2D eigenvalue weighted by atomic mass is 9.85. The highest BCUT2D eigenvalue weighted by Gasteiger charge is 2.41. The maximum atomic E-state index is 14.5. The number of nitrogens with zero attached hydrogens (tertiary/aromatic N) is 3. The second kappa shape index (κ2) is 11.0. The minimum Gasteiger partial charge on any atom is -0.471 e. The Bertz CT molecular complexity index is 1340. The molecular formula is C23H21Cl2F6N5O2. The van der Waals surface area contributed by atoms with Crippen LogP contribution < -0.4 is 15.4 Å². The number of carbonyl (C=O) groups excluding carboxylic acids is 1. The van der Waals surface area contributed by atoms with Crippen molar-refractivity contribution in [2.45, 2.75) is 44.3 Å². The maximum Gasteiger partial charge on any atom is 0.391 e. The second-order valence-corrected chi connectivity index (χ2v) is 9.60. The first kappa shape index (κ1) is 28.1. The van der Waals surface area contributed by atoms with Crippen LogP contribution in [-0.4, -0.2) is 45.7 Å². The number of imidazole rings is 1. The van der Waals surface area contributed by atoms with Crippen molar-refractivity contribution in [1.82, 2.24) is 19.9 Å². The number of halogens is 8. The zero-order chi connectivity index (χ0) is 27.8. The second-order valence-electron chi connectivity index (χ2n) is 8.79. The number of anilines is 2. The van der Waals surface area contributed by atoms with Gasteiger partial charge in [-0.1, -0.05) is 23.2 Å². The quantitative estimate of drug-likeness (QED) is 0.240. The zero-order valence-corrected chi connectivity index (χ0v) is 21.2. The van der Waals surface area contributed by atoms with Crippen molar-refractivity contribution < 1.29 is 35.9 Å². The van der Waals surface area contributed by atoms with E-state index in [2.05, 4.69) is 20.6 Å². The smallest absolute Gasteiger partial charge is 0.391 e. The summed E-state index contributed by atoms with van der Waals surface area (Å²) in [5.41, 5.74) is -0.159. The van der Waals surface area contributed by atoms with Crippen LogP contribution in [0.3, 0.4) is 0 Å². The Labute approximate surface area is 222 Å². The van der Waals surface area contributed by atoms with Gasteiger partial charge in [-0.25, -0.2) is 18.2 Å². The van der Waals surface area contributed by atoms with Crippen molar-refractivity contribution in [2.24, 2.45) is 13.0 Å². The third-order valence-corrected chi connectivity index (χ3v) is 6.81. The van der Waals surface area contributed by atoms with Gasteiger partial charge in [0.1, 0.15) is 11.1 Å². The van der Waals surface area contributed by atoms with Crippen LogP contribution in [0.4, 0.5) is 38.0 Å². The largest absolute Gasteiger partial charge is 0.471 e. The molecule has 1 aliphatic carbocycles. The van der Waals surface area contributed by atoms with Crippen LogP contribution in [0.15, 0.2) is 18.2 Å². The van der Waals surface area contributed by atoms with E-state index in [0.717, 1.165) is 0 Å². The molecule has 2 N–H and O–H groups in total. The predicted octanol–water partition coefficient (Wildman–Crippen LogP) is 6.65. The van der Waals surface area contributed by atoms with E-state index in [1.807, 2.05) is 0 Å². The molecule has 0 unspecified atom stereocenters. The number of hydrogen-bond donors (Lipinski definition) is 2. The van der Waals surface area contributed by atoms with E-state index in [1.54, 1.807) is 0 Å². The van der Waals surface area contributed by atoms with Crippen molar-refractivity contribution in [3.05, 3.63) is 39.6 Å². The zero-order valence-electron chi connectivity index (χ0n) is 19.7. The first-order valence-corrected chi connectivity index (χ1v) is 12.2. The van der Waals surface area contributed by atoms with Gasteiger partial charge in [-0.3, -0.25) is 9.36 Å². The van der Waals surface area contributed by atoms with Gasteiger partial charge in [-0.2, -0.15) is 18.2 Å². The molecule has 0 aliphatic heterocycles. The van der Waals surface area contributed by atoms with Gasteiger partial charge in [-0.15, -0.1) is 0 Å². The van der Waals surface area contributed by atoms with Crippen LogP contribution in [0, 0.1) is 11.7 Å². The van der Waals surface area contributed by atoms with Gasteiger partial charge in [-0.05, 0) is 43.9 Å². The summed E-state index contributed by atoms with van der Waals surface area (Å²) in [5.74, 6) is -3.40. The van der Waals surface area contributed by atoms with E-state index in [9.17, 15) is 31.1 Å². The monoisotopic (exact) mass is 583 g/mol. The molecule has 1 fully saturated rings. The molecular weight excluding hydrogens is 563 g/mol. The molecule has 1 aromatic carbocycles. The minimum absolute atomic E-state index is 0.00758. The van der Waals surface area contributed by atoms with Crippen LogP contribution in [-0.2, 0) is 7.05 Å². The summed E-state index contributed by atoms with van der Waals surface area (Å²) in [6.07, 6.45) is -7.25. The fraction of sp³-hybridized carbons (Fsp3) is 0.435. The predicted molar refractivity (Wildman–Crippen MR) is 129 cm³/mol. The van der Waals surface area contributed by atoms with Crippen LogP contribution in [0.25, 0.3) is 11.2 Å². The summed E-state index contributed by atoms with van der Waals surface area (Å²) < 4.78 is 85.6. The molecule has 2 heterocycles. The molecule has 0 radical (unpaired) electrons. The van der Waals surface area contributed by atoms with E-state index in [1.165, 1.54) is 29.8 Å². The summed E-state index contributed by atoms with van der Waals surface area (Å²) in [5, 5.41) is 5.16. The Morgan fingerprint density at radius 1 is 1.16 bits per heavy atom. The van der Waals surface area contributed by atoms with E-state index in [4.69, 9.17) is 27.9 Å². The van der Waals surface area contributed by atoms with E-state index in [0.29, 0.717) is 0 Å². The molecule has 0 bridgehead atoms. The molecule has 7 nitrogen and oxygen atoms in total. The summed E-state index contributed by atoms with van der Waals surface area (Å²) in [4.78, 5) is 21.5. The maximum absolute atomic E-state index is 14.5. The van der Waals surface area contributed by atoms with Crippen LogP contribution >= 0.6 is 23.2 Å². The number of carbonyl (C=O) groups is 1. The highest BCUT2D eigenvalue weighted by molar-refractivity contribution is 6.35. The molecule has 3 aromatic rings. The molecule has 38 heavy (non-hydrogen) atoms. The minimum atomic E-state index is -4.30. The number of fused-ring (bicyclic) bond motifs is 1. The molecule has 2 aromatic heterocycles. The molecule has 206 valence electrons. The lowest BCUT2D eigenvalue weighted by Crippen LogP contribution is -2.40. The lowest BCUT2D eigenvalue weighted by molar-refractivity contribution is -0.182. The SMILES string of the molecule is Cn1c(Nc2c(Cl)ccc(Cl)c2F)nc2cc(C(=O)N[C@H]3CC[C@H](C(F)(F)F)CC3)c(OCC(F)F)nc21. The average molecular weight is 584 g/mol. The third kappa shape index (κ3) is 6.04. The van der Waals surface area contributed by atoms with Crippen LogP contribution in [0.2, 0.25) is 10.0 Å². The number of hydrogen-bond acceptors (Lipinski definition) is 5. The van der Waals surface area contributed by atoms with Gasteiger partial charge in [0.05, 0.1) is 21.7 Å². The van der Waals surface area contributed by atoms with Gasteiger partial charge in [0, 0.05) is 13.1 Å². The highest BCUT2D eigenvalue weighted by atomic mass is 35.5. The van der Waals surface area contributed by atoms with Crippen molar-refractivity contribution in [3.8, 4) is 5.88 Å². The number of ether oxygens (including phenoxy) is 1. The fourth-order valence-corrected chi connectivity index (χ4v) is 4.55. The van der Waals surface area contributed by atoms with E-state index >= 15 is 0 Å². The molecule has 0 saturated heterocycles. The Balaban J connectivity index is 1.63. The van der Waals surface area contributed by atoms with Crippen molar-refractivity contribution in [2.75, 3.05) is 11.9 Å². The number of rotatable bonds is 7. The van der Waals surface area contributed by atoms with Gasteiger partial charge in [0.2, 0.25) is 11.8 Å². The van der Waals surface area contributed by atoms with Gasteiger partial charge >= 0.3 is 6.18 Å². The standard InChI is InChI=1S/C23H21Cl2F6N5O2/c1-36-19-15(33-22(36)34-18-14(25)7-6-13(24)17(18)28)8-12(21(35-19)38-9-16(26)27)20(37)32-11-4-2-10(3-5-11)23(29,30)31/h6-8,10-11,16H,2-5,9H2,1H3,(H,32,37)(H,33,34)/t10-,11-. The van der Waals surface area contributed by atoms with E-state index in [-0.39, 0.29) is 64.1 Å². The molecule has 0 atom stereocenters. The topological polar surface area (TPSA) is 81.1 Å². The fourth-order valence-electron chi connectivity index (χ4n) is 4.20. The van der Waals surface area contributed by atoms with Gasteiger partial charge in [0.25, 0.3) is 12.3 Å². The molecule has 15 heteroatoms. The number of benzene rings is 1. The number of alkyl halides is 5. The first-order valence-electron chi connectivity index (χ1n) is 11.4. The first-order chi connectivity index (χ1) is 17.8. The number of aryl methyl sites for hydroxylation is 1. The average Bonchev–Trinajstić information content (AvgIpc) is 3.16. The summed E-state index contributed by atoms with van der Waals surface area (Å²) in [6.45, 7) is -1.05. The van der Waals surface area contributed by atoms with Crippen molar-refractivity contribution in [1.29, 1.82) is 0 Å². The summed E-state index contributed by atoms with van der Waals surface area (Å²) in [7, 11) is 1.50. The summed E-state index contributed by atoms with van der Waals surface area (Å²) >= 11 is 11.9. The third-order valence-electron chi connectivity index (χ3n) is 6.21. The van der Waals surface area contributed by atoms with Gasteiger partial charge < -0.3 is 15.4 Å². The Hall–Kier alpha value is -2.93. The van der Waals surface area contributed by atoms with Crippen LogP contribution in [0.1, 0.15) is 36.0 Å². The Kier molecular flexibility index (Phi) is 8.17. The molecule has 1 amide bonds. The molecule has 1 aliphatic rings. The van der Waals surface area contributed by atoms with Crippen molar-refractivity contribution in [3.63, 3.8) is 0 Å². The normalized spacial score (nSPS) is 18.2. The van der Waals surface area contributed by atoms with Crippen molar-refractivity contribution >= 4 is 51.9 Å². The number of nitrogens with one attached hydrogen (secondary N) is 2. The Morgan fingerprint density at radius 3 is 2.45 bits per heavy atom. The van der Waals surface area contributed by atoms with E-state index < -0.39 is 48.8 Å². The number of pyridine rings is 1. The lowest BCUT2D eigenvalue weighted by Gasteiger charge is -2.30. The molecule has 4 rings (SSSR count). The number of aromatic nitrogens is 3.